The molecule has 2 unspecified atom stereocenters. The Morgan fingerprint density at radius 2 is 2.33 bits per heavy atom. The number of hydrogen-bond acceptors (Lipinski definition) is 1. The lowest BCUT2D eigenvalue weighted by Gasteiger charge is -2.10. The molecule has 0 aromatic heterocycles. The van der Waals surface area contributed by atoms with Crippen molar-refractivity contribution < 1.29 is 4.74 Å². The molecule has 2 heteroatoms. The lowest BCUT2D eigenvalue weighted by Crippen LogP contribution is -2.04. The summed E-state index contributed by atoms with van der Waals surface area (Å²) in [6, 6.07) is 0. The largest absolute Gasteiger partial charge is 0.381 e. The molecule has 1 aliphatic heterocycles. The molecule has 0 aromatic carbocycles. The normalized spacial score (nSPS) is 26.0. The van der Waals surface area contributed by atoms with Gasteiger partial charge in [-0.25, -0.2) is 0 Å². The van der Waals surface area contributed by atoms with Gasteiger partial charge in [0.15, 0.2) is 0 Å². The van der Waals surface area contributed by atoms with Gasteiger partial charge in [0.2, 0.25) is 0 Å². The minimum Gasteiger partial charge on any atom is -0.381 e. The Labute approximate surface area is 80.4 Å². The predicted octanol–water partition coefficient (Wildman–Crippen LogP) is 3.21. The molecule has 0 N–H and O–H groups in total. The van der Waals surface area contributed by atoms with Crippen LogP contribution in [0.15, 0.2) is 0 Å². The van der Waals surface area contributed by atoms with Crippen LogP contribution < -0.4 is 0 Å². The number of ether oxygens (including phenoxy) is 1. The van der Waals surface area contributed by atoms with Gasteiger partial charge >= 0.3 is 0 Å². The van der Waals surface area contributed by atoms with Gasteiger partial charge in [-0.1, -0.05) is 13.3 Å². The second-order valence-electron chi connectivity index (χ2n) is 3.69. The molecule has 1 rings (SSSR count). The lowest BCUT2D eigenvalue weighted by atomic mass is 10.0. The number of halogens is 1. The van der Waals surface area contributed by atoms with E-state index >= 15 is 0 Å². The van der Waals surface area contributed by atoms with Crippen LogP contribution >= 0.6 is 11.6 Å². The van der Waals surface area contributed by atoms with Crippen LogP contribution in [-0.2, 0) is 4.74 Å². The summed E-state index contributed by atoms with van der Waals surface area (Å²) in [6.07, 6.45) is 6.04. The molecule has 2 atom stereocenters. The summed E-state index contributed by atoms with van der Waals surface area (Å²) in [5.41, 5.74) is 0. The van der Waals surface area contributed by atoms with Gasteiger partial charge in [0.1, 0.15) is 0 Å². The van der Waals surface area contributed by atoms with Gasteiger partial charge in [0, 0.05) is 18.6 Å². The molecule has 1 nitrogen and oxygen atoms in total. The van der Waals surface area contributed by atoms with E-state index in [0.29, 0.717) is 5.38 Å². The first-order chi connectivity index (χ1) is 5.83. The topological polar surface area (TPSA) is 9.23 Å². The van der Waals surface area contributed by atoms with Gasteiger partial charge < -0.3 is 4.74 Å². The Morgan fingerprint density at radius 1 is 1.50 bits per heavy atom. The van der Waals surface area contributed by atoms with E-state index in [2.05, 4.69) is 6.92 Å². The van der Waals surface area contributed by atoms with Crippen molar-refractivity contribution in [1.82, 2.24) is 0 Å². The summed E-state index contributed by atoms with van der Waals surface area (Å²) in [5, 5.41) is 0.399. The fraction of sp³-hybridized carbons (Fsp3) is 1.00. The molecular formula is C10H19ClO. The molecular weight excluding hydrogens is 172 g/mol. The third kappa shape index (κ3) is 3.77. The van der Waals surface area contributed by atoms with Gasteiger partial charge in [-0.2, -0.15) is 0 Å². The van der Waals surface area contributed by atoms with E-state index in [1.54, 1.807) is 0 Å². The molecule has 1 fully saturated rings. The molecule has 0 aromatic rings. The van der Waals surface area contributed by atoms with E-state index in [1.807, 2.05) is 0 Å². The molecule has 0 radical (unpaired) electrons. The Kier molecular flexibility index (Phi) is 5.01. The Balaban J connectivity index is 1.99. The van der Waals surface area contributed by atoms with Crippen LogP contribution in [0.4, 0.5) is 0 Å². The minimum absolute atomic E-state index is 0.399. The number of hydrogen-bond donors (Lipinski definition) is 0. The van der Waals surface area contributed by atoms with Crippen molar-refractivity contribution in [1.29, 1.82) is 0 Å². The summed E-state index contributed by atoms with van der Waals surface area (Å²) in [7, 11) is 0. The van der Waals surface area contributed by atoms with Gasteiger partial charge in [-0.15, -0.1) is 11.6 Å². The molecule has 0 amide bonds. The van der Waals surface area contributed by atoms with Crippen molar-refractivity contribution in [3.8, 4) is 0 Å². The van der Waals surface area contributed by atoms with Crippen molar-refractivity contribution in [2.75, 3.05) is 13.2 Å². The van der Waals surface area contributed by atoms with Gasteiger partial charge in [-0.3, -0.25) is 0 Å². The molecule has 1 heterocycles. The Hall–Kier alpha value is 0.250. The summed E-state index contributed by atoms with van der Waals surface area (Å²) in [4.78, 5) is 0. The lowest BCUT2D eigenvalue weighted by molar-refractivity contribution is 0.183. The average molecular weight is 191 g/mol. The van der Waals surface area contributed by atoms with E-state index in [9.17, 15) is 0 Å². The molecule has 12 heavy (non-hydrogen) atoms. The second kappa shape index (κ2) is 5.82. The first-order valence-corrected chi connectivity index (χ1v) is 5.48. The Bertz CT molecular complexity index is 110. The highest BCUT2D eigenvalue weighted by Crippen LogP contribution is 2.22. The van der Waals surface area contributed by atoms with Crippen LogP contribution in [0.2, 0.25) is 0 Å². The van der Waals surface area contributed by atoms with E-state index in [4.69, 9.17) is 16.3 Å². The number of rotatable bonds is 5. The summed E-state index contributed by atoms with van der Waals surface area (Å²) < 4.78 is 5.31. The molecule has 0 aliphatic carbocycles. The van der Waals surface area contributed by atoms with Crippen molar-refractivity contribution in [2.24, 2.45) is 5.92 Å². The summed E-state index contributed by atoms with van der Waals surface area (Å²) >= 11 is 6.12. The molecule has 1 saturated heterocycles. The maximum atomic E-state index is 6.12. The van der Waals surface area contributed by atoms with Gasteiger partial charge in [-0.05, 0) is 31.6 Å². The highest BCUT2D eigenvalue weighted by molar-refractivity contribution is 6.20. The quantitative estimate of drug-likeness (QED) is 0.605. The third-order valence-electron chi connectivity index (χ3n) is 2.51. The zero-order chi connectivity index (χ0) is 8.81. The van der Waals surface area contributed by atoms with Gasteiger partial charge in [0.05, 0.1) is 0 Å². The van der Waals surface area contributed by atoms with Crippen LogP contribution in [-0.4, -0.2) is 18.6 Å². The van der Waals surface area contributed by atoms with E-state index in [0.717, 1.165) is 25.6 Å². The molecule has 0 saturated carbocycles. The van der Waals surface area contributed by atoms with Crippen LogP contribution in [0.25, 0.3) is 0 Å². The van der Waals surface area contributed by atoms with Crippen LogP contribution in [0.1, 0.15) is 39.0 Å². The minimum atomic E-state index is 0.399. The van der Waals surface area contributed by atoms with Crippen LogP contribution in [0.3, 0.4) is 0 Å². The van der Waals surface area contributed by atoms with Crippen molar-refractivity contribution in [3.63, 3.8) is 0 Å². The number of alkyl halides is 1. The molecule has 72 valence electrons. The summed E-state index contributed by atoms with van der Waals surface area (Å²) in [5.74, 6) is 0.795. The maximum absolute atomic E-state index is 6.12. The summed E-state index contributed by atoms with van der Waals surface area (Å²) in [6.45, 7) is 4.12. The molecule has 1 aliphatic rings. The standard InChI is InChI=1S/C10H19ClO/c1-2-3-10(11)5-4-9-6-7-12-8-9/h9-10H,2-8H2,1H3. The molecule has 0 bridgehead atoms. The van der Waals surface area contributed by atoms with E-state index in [1.165, 1.54) is 25.7 Å². The SMILES string of the molecule is CCCC(Cl)CCC1CCOC1. The zero-order valence-corrected chi connectivity index (χ0v) is 8.65. The van der Waals surface area contributed by atoms with Gasteiger partial charge in [0.25, 0.3) is 0 Å². The van der Waals surface area contributed by atoms with Crippen molar-refractivity contribution in [3.05, 3.63) is 0 Å². The first kappa shape index (κ1) is 10.3. The fourth-order valence-electron chi connectivity index (χ4n) is 1.69. The fourth-order valence-corrected chi connectivity index (χ4v) is 2.03. The molecule has 0 spiro atoms. The van der Waals surface area contributed by atoms with E-state index in [-0.39, 0.29) is 0 Å². The highest BCUT2D eigenvalue weighted by atomic mass is 35.5. The maximum Gasteiger partial charge on any atom is 0.0495 e. The first-order valence-electron chi connectivity index (χ1n) is 5.04. The zero-order valence-electron chi connectivity index (χ0n) is 7.89. The monoisotopic (exact) mass is 190 g/mol. The van der Waals surface area contributed by atoms with Crippen LogP contribution in [0, 0.1) is 5.92 Å². The van der Waals surface area contributed by atoms with Crippen LogP contribution in [0.5, 0.6) is 0 Å². The predicted molar refractivity (Wildman–Crippen MR) is 52.7 cm³/mol. The average Bonchev–Trinajstić information content (AvgIpc) is 2.53. The van der Waals surface area contributed by atoms with E-state index < -0.39 is 0 Å². The van der Waals surface area contributed by atoms with Crippen molar-refractivity contribution >= 4 is 11.6 Å². The highest BCUT2D eigenvalue weighted by Gasteiger charge is 2.16. The van der Waals surface area contributed by atoms with Crippen molar-refractivity contribution in [2.45, 2.75) is 44.4 Å². The Morgan fingerprint density at radius 3 is 2.92 bits per heavy atom. The second-order valence-corrected chi connectivity index (χ2v) is 4.31. The third-order valence-corrected chi connectivity index (χ3v) is 2.95. The smallest absolute Gasteiger partial charge is 0.0495 e.